The van der Waals surface area contributed by atoms with Gasteiger partial charge in [-0.3, -0.25) is 4.79 Å². The molecule has 2 aliphatic heterocycles. The normalized spacial score (nSPS) is 34.0. The molecule has 2 N–H and O–H groups in total. The average Bonchev–Trinajstić information content (AvgIpc) is 2.79. The van der Waals surface area contributed by atoms with Crippen LogP contribution in [0.15, 0.2) is 0 Å². The largest absolute Gasteiger partial charge is 0.386 e. The fourth-order valence-electron chi connectivity index (χ4n) is 2.53. The Bertz CT molecular complexity index is 287. The smallest absolute Gasteiger partial charge is 0.239 e. The first-order chi connectivity index (χ1) is 8.00. The number of hydrogen-bond donors (Lipinski definition) is 2. The van der Waals surface area contributed by atoms with Crippen LogP contribution in [-0.4, -0.2) is 59.9 Å². The number of aliphatic hydroxyl groups is 1. The van der Waals surface area contributed by atoms with Gasteiger partial charge in [0.15, 0.2) is 0 Å². The first-order valence-electron chi connectivity index (χ1n) is 6.35. The average molecular weight is 242 g/mol. The van der Waals surface area contributed by atoms with Crippen molar-refractivity contribution >= 4 is 5.91 Å². The molecule has 1 amide bonds. The number of rotatable bonds is 4. The molecule has 2 rings (SSSR count). The summed E-state index contributed by atoms with van der Waals surface area (Å²) in [6.45, 7) is 6.14. The highest BCUT2D eigenvalue weighted by Crippen LogP contribution is 2.22. The molecule has 2 heterocycles. The highest BCUT2D eigenvalue weighted by Gasteiger charge is 2.39. The van der Waals surface area contributed by atoms with Crippen LogP contribution in [0.4, 0.5) is 0 Å². The molecule has 2 aliphatic rings. The number of nitrogens with one attached hydrogen (secondary N) is 1. The molecule has 2 saturated heterocycles. The molecule has 0 saturated carbocycles. The predicted octanol–water partition coefficient (Wildman–Crippen LogP) is -0.263. The van der Waals surface area contributed by atoms with Crippen LogP contribution < -0.4 is 5.32 Å². The zero-order chi connectivity index (χ0) is 12.5. The van der Waals surface area contributed by atoms with Crippen molar-refractivity contribution in [3.63, 3.8) is 0 Å². The second kappa shape index (κ2) is 4.92. The van der Waals surface area contributed by atoms with E-state index in [9.17, 15) is 9.90 Å². The Morgan fingerprint density at radius 1 is 1.65 bits per heavy atom. The maximum Gasteiger partial charge on any atom is 0.239 e. The second-order valence-electron chi connectivity index (χ2n) is 5.45. The molecule has 5 heteroatoms. The van der Waals surface area contributed by atoms with Crippen molar-refractivity contribution in [2.24, 2.45) is 0 Å². The number of nitrogens with zero attached hydrogens (tertiary/aromatic N) is 1. The molecule has 0 radical (unpaired) electrons. The van der Waals surface area contributed by atoms with Gasteiger partial charge in [0.25, 0.3) is 0 Å². The Hall–Kier alpha value is -0.650. The molecule has 0 aromatic heterocycles. The van der Waals surface area contributed by atoms with Crippen LogP contribution in [0, 0.1) is 0 Å². The lowest BCUT2D eigenvalue weighted by Gasteiger charge is -2.27. The third kappa shape index (κ3) is 2.97. The quantitative estimate of drug-likeness (QED) is 0.713. The molecule has 2 fully saturated rings. The summed E-state index contributed by atoms with van der Waals surface area (Å²) in [5.74, 6) is 0.110. The molecule has 2 atom stereocenters. The number of carbonyl (C=O) groups excluding carboxylic acids is 1. The summed E-state index contributed by atoms with van der Waals surface area (Å²) in [5, 5.41) is 13.5. The molecular weight excluding hydrogens is 220 g/mol. The lowest BCUT2D eigenvalue weighted by Crippen LogP contribution is -2.47. The highest BCUT2D eigenvalue weighted by molar-refractivity contribution is 5.84. The predicted molar refractivity (Wildman–Crippen MR) is 63.6 cm³/mol. The molecule has 5 nitrogen and oxygen atoms in total. The summed E-state index contributed by atoms with van der Waals surface area (Å²) in [6, 6.07) is 0.225. The van der Waals surface area contributed by atoms with E-state index in [1.807, 2.05) is 13.8 Å². The van der Waals surface area contributed by atoms with Gasteiger partial charge in [0.05, 0.1) is 19.2 Å². The van der Waals surface area contributed by atoms with Crippen LogP contribution in [0.1, 0.15) is 26.7 Å². The van der Waals surface area contributed by atoms with E-state index in [0.29, 0.717) is 32.2 Å². The number of likely N-dealkylation sites (tertiary alicyclic amines) is 1. The molecule has 17 heavy (non-hydrogen) atoms. The van der Waals surface area contributed by atoms with Crippen molar-refractivity contribution in [3.8, 4) is 0 Å². The third-order valence-corrected chi connectivity index (χ3v) is 3.40. The number of ether oxygens (including phenoxy) is 1. The van der Waals surface area contributed by atoms with E-state index < -0.39 is 5.60 Å². The first-order valence-corrected chi connectivity index (χ1v) is 6.35. The standard InChI is InChI=1S/C12H22N2O3/c1-9(2)13-10-3-5-14(11(10)15)7-12(16)4-6-17-8-12/h9-10,13,16H,3-8H2,1-2H3. The van der Waals surface area contributed by atoms with Gasteiger partial charge in [0, 0.05) is 25.6 Å². The van der Waals surface area contributed by atoms with Gasteiger partial charge < -0.3 is 20.1 Å². The Balaban J connectivity index is 1.89. The van der Waals surface area contributed by atoms with Gasteiger partial charge in [0.1, 0.15) is 5.60 Å². The fraction of sp³-hybridized carbons (Fsp3) is 0.917. The maximum absolute atomic E-state index is 12.1. The van der Waals surface area contributed by atoms with Crippen molar-refractivity contribution in [2.75, 3.05) is 26.3 Å². The zero-order valence-electron chi connectivity index (χ0n) is 10.6. The second-order valence-corrected chi connectivity index (χ2v) is 5.45. The van der Waals surface area contributed by atoms with Crippen LogP contribution in [-0.2, 0) is 9.53 Å². The molecular formula is C12H22N2O3. The molecule has 2 unspecified atom stereocenters. The maximum atomic E-state index is 12.1. The van der Waals surface area contributed by atoms with Gasteiger partial charge in [-0.25, -0.2) is 0 Å². The Kier molecular flexibility index (Phi) is 3.70. The van der Waals surface area contributed by atoms with Gasteiger partial charge in [0.2, 0.25) is 5.91 Å². The molecule has 0 bridgehead atoms. The van der Waals surface area contributed by atoms with E-state index >= 15 is 0 Å². The minimum atomic E-state index is -0.831. The van der Waals surface area contributed by atoms with E-state index in [-0.39, 0.29) is 11.9 Å². The summed E-state index contributed by atoms with van der Waals surface area (Å²) < 4.78 is 5.19. The van der Waals surface area contributed by atoms with Gasteiger partial charge in [-0.1, -0.05) is 13.8 Å². The van der Waals surface area contributed by atoms with E-state index in [2.05, 4.69) is 5.32 Å². The highest BCUT2D eigenvalue weighted by atomic mass is 16.5. The monoisotopic (exact) mass is 242 g/mol. The van der Waals surface area contributed by atoms with E-state index in [0.717, 1.165) is 13.0 Å². The molecule has 0 spiro atoms. The third-order valence-electron chi connectivity index (χ3n) is 3.40. The van der Waals surface area contributed by atoms with Crippen molar-refractivity contribution in [3.05, 3.63) is 0 Å². The van der Waals surface area contributed by atoms with Crippen molar-refractivity contribution in [1.82, 2.24) is 10.2 Å². The SMILES string of the molecule is CC(C)NC1CCN(CC2(O)CCOC2)C1=O. The Morgan fingerprint density at radius 2 is 2.41 bits per heavy atom. The van der Waals surface area contributed by atoms with Crippen LogP contribution >= 0.6 is 0 Å². The van der Waals surface area contributed by atoms with Crippen LogP contribution in [0.3, 0.4) is 0 Å². The summed E-state index contributed by atoms with van der Waals surface area (Å²) in [4.78, 5) is 13.8. The number of hydrogen-bond acceptors (Lipinski definition) is 4. The lowest BCUT2D eigenvalue weighted by molar-refractivity contribution is -0.132. The molecule has 0 aliphatic carbocycles. The van der Waals surface area contributed by atoms with Crippen LogP contribution in [0.25, 0.3) is 0 Å². The summed E-state index contributed by atoms with van der Waals surface area (Å²) >= 11 is 0. The Labute approximate surface area is 102 Å². The Morgan fingerprint density at radius 3 is 3.00 bits per heavy atom. The van der Waals surface area contributed by atoms with Gasteiger partial charge in [-0.15, -0.1) is 0 Å². The minimum Gasteiger partial charge on any atom is -0.386 e. The van der Waals surface area contributed by atoms with Crippen LogP contribution in [0.5, 0.6) is 0 Å². The molecule has 0 aromatic rings. The van der Waals surface area contributed by atoms with Gasteiger partial charge in [-0.05, 0) is 6.42 Å². The van der Waals surface area contributed by atoms with Gasteiger partial charge >= 0.3 is 0 Å². The summed E-state index contributed by atoms with van der Waals surface area (Å²) in [7, 11) is 0. The van der Waals surface area contributed by atoms with Crippen LogP contribution in [0.2, 0.25) is 0 Å². The van der Waals surface area contributed by atoms with Gasteiger partial charge in [-0.2, -0.15) is 0 Å². The fourth-order valence-corrected chi connectivity index (χ4v) is 2.53. The first kappa shape index (κ1) is 12.8. The lowest BCUT2D eigenvalue weighted by atomic mass is 10.0. The number of β-amino-alcohol motifs (C(OH)–C–C–N with tert-alkyl or cyclic N) is 1. The molecule has 0 aromatic carbocycles. The number of amides is 1. The van der Waals surface area contributed by atoms with E-state index in [1.165, 1.54) is 0 Å². The van der Waals surface area contributed by atoms with Crippen molar-refractivity contribution < 1.29 is 14.6 Å². The molecule has 98 valence electrons. The van der Waals surface area contributed by atoms with E-state index in [1.54, 1.807) is 4.90 Å². The van der Waals surface area contributed by atoms with Crippen molar-refractivity contribution in [2.45, 2.75) is 44.4 Å². The zero-order valence-corrected chi connectivity index (χ0v) is 10.6. The van der Waals surface area contributed by atoms with Crippen molar-refractivity contribution in [1.29, 1.82) is 0 Å². The summed E-state index contributed by atoms with van der Waals surface area (Å²) in [5.41, 5.74) is -0.831. The van der Waals surface area contributed by atoms with E-state index in [4.69, 9.17) is 4.74 Å². The number of carbonyl (C=O) groups is 1. The minimum absolute atomic E-state index is 0.0825. The topological polar surface area (TPSA) is 61.8 Å². The summed E-state index contributed by atoms with van der Waals surface area (Å²) in [6.07, 6.45) is 1.45.